The first-order valence-corrected chi connectivity index (χ1v) is 4.84. The quantitative estimate of drug-likeness (QED) is 0.831. The summed E-state index contributed by atoms with van der Waals surface area (Å²) in [5.74, 6) is -2.74. The number of carboxylic acids is 1. The number of ether oxygens (including phenoxy) is 1. The average molecular weight is 245 g/mol. The first-order chi connectivity index (χ1) is 7.87. The molecule has 0 bridgehead atoms. The lowest BCUT2D eigenvalue weighted by Gasteiger charge is -2.26. The van der Waals surface area contributed by atoms with Gasteiger partial charge in [0, 0.05) is 18.9 Å². The SMILES string of the molecule is COCC(C)(Nc1cc(F)cc(F)c1)C(=O)O. The molecular weight excluding hydrogens is 232 g/mol. The van der Waals surface area contributed by atoms with Crippen LogP contribution in [0.25, 0.3) is 0 Å². The molecule has 1 aromatic rings. The van der Waals surface area contributed by atoms with Crippen molar-refractivity contribution in [3.05, 3.63) is 29.8 Å². The Hall–Kier alpha value is -1.69. The maximum absolute atomic E-state index is 12.9. The highest BCUT2D eigenvalue weighted by Crippen LogP contribution is 2.19. The van der Waals surface area contributed by atoms with Crippen LogP contribution in [0, 0.1) is 11.6 Å². The number of carboxylic acid groups (broad SMARTS) is 1. The second-order valence-electron chi connectivity index (χ2n) is 3.85. The molecule has 0 saturated carbocycles. The van der Waals surface area contributed by atoms with Gasteiger partial charge in [-0.2, -0.15) is 0 Å². The third-order valence-electron chi connectivity index (χ3n) is 2.19. The van der Waals surface area contributed by atoms with Crippen molar-refractivity contribution in [2.45, 2.75) is 12.5 Å². The molecule has 0 aliphatic rings. The number of anilines is 1. The maximum atomic E-state index is 12.9. The Morgan fingerprint density at radius 3 is 2.35 bits per heavy atom. The van der Waals surface area contributed by atoms with E-state index in [0.717, 1.165) is 12.1 Å². The minimum Gasteiger partial charge on any atom is -0.479 e. The number of methoxy groups -OCH3 is 1. The van der Waals surface area contributed by atoms with Crippen molar-refractivity contribution < 1.29 is 23.4 Å². The Kier molecular flexibility index (Phi) is 4.01. The van der Waals surface area contributed by atoms with Crippen molar-refractivity contribution >= 4 is 11.7 Å². The number of halogens is 2. The van der Waals surface area contributed by atoms with Gasteiger partial charge in [0.2, 0.25) is 0 Å². The van der Waals surface area contributed by atoms with Crippen LogP contribution < -0.4 is 5.32 Å². The van der Waals surface area contributed by atoms with E-state index in [4.69, 9.17) is 9.84 Å². The summed E-state index contributed by atoms with van der Waals surface area (Å²) in [6, 6.07) is 2.74. The number of nitrogens with one attached hydrogen (secondary N) is 1. The predicted octanol–water partition coefficient (Wildman–Crippen LogP) is 1.87. The molecule has 17 heavy (non-hydrogen) atoms. The Morgan fingerprint density at radius 2 is 1.94 bits per heavy atom. The van der Waals surface area contributed by atoms with Gasteiger partial charge in [0.1, 0.15) is 11.6 Å². The van der Waals surface area contributed by atoms with Crippen molar-refractivity contribution in [3.8, 4) is 0 Å². The van der Waals surface area contributed by atoms with Gasteiger partial charge < -0.3 is 15.2 Å². The molecule has 1 aromatic carbocycles. The lowest BCUT2D eigenvalue weighted by molar-refractivity contribution is -0.143. The van der Waals surface area contributed by atoms with Gasteiger partial charge in [-0.15, -0.1) is 0 Å². The Labute approximate surface area is 97.2 Å². The van der Waals surface area contributed by atoms with E-state index in [9.17, 15) is 13.6 Å². The molecule has 0 aliphatic carbocycles. The Bertz CT molecular complexity index is 405. The second kappa shape index (κ2) is 5.09. The molecular formula is C11H13F2NO3. The van der Waals surface area contributed by atoms with E-state index in [-0.39, 0.29) is 12.3 Å². The van der Waals surface area contributed by atoms with E-state index in [1.54, 1.807) is 0 Å². The number of benzene rings is 1. The zero-order valence-electron chi connectivity index (χ0n) is 9.46. The third kappa shape index (κ3) is 3.39. The molecule has 0 saturated heterocycles. The molecule has 4 nitrogen and oxygen atoms in total. The van der Waals surface area contributed by atoms with Gasteiger partial charge in [0.05, 0.1) is 6.61 Å². The van der Waals surface area contributed by atoms with Gasteiger partial charge in [-0.25, -0.2) is 13.6 Å². The van der Waals surface area contributed by atoms with Crippen LogP contribution in [0.3, 0.4) is 0 Å². The fourth-order valence-electron chi connectivity index (χ4n) is 1.38. The molecule has 0 aromatic heterocycles. The van der Waals surface area contributed by atoms with Crippen LogP contribution in [0.15, 0.2) is 18.2 Å². The highest BCUT2D eigenvalue weighted by molar-refractivity contribution is 5.82. The smallest absolute Gasteiger partial charge is 0.331 e. The van der Waals surface area contributed by atoms with Crippen LogP contribution in [-0.2, 0) is 9.53 Å². The fourth-order valence-corrected chi connectivity index (χ4v) is 1.38. The molecule has 0 amide bonds. The van der Waals surface area contributed by atoms with Gasteiger partial charge in [0.25, 0.3) is 0 Å². The summed E-state index contributed by atoms with van der Waals surface area (Å²) in [5, 5.41) is 11.6. The maximum Gasteiger partial charge on any atom is 0.331 e. The van der Waals surface area contributed by atoms with Crippen LogP contribution in [-0.4, -0.2) is 30.3 Å². The van der Waals surface area contributed by atoms with E-state index in [1.165, 1.54) is 14.0 Å². The zero-order chi connectivity index (χ0) is 13.1. The van der Waals surface area contributed by atoms with Crippen molar-refractivity contribution in [1.29, 1.82) is 0 Å². The van der Waals surface area contributed by atoms with Crippen molar-refractivity contribution in [3.63, 3.8) is 0 Å². The highest BCUT2D eigenvalue weighted by Gasteiger charge is 2.33. The molecule has 94 valence electrons. The van der Waals surface area contributed by atoms with Gasteiger partial charge in [-0.05, 0) is 19.1 Å². The minimum absolute atomic E-state index is 0.0458. The average Bonchev–Trinajstić information content (AvgIpc) is 2.15. The first kappa shape index (κ1) is 13.4. The van der Waals surface area contributed by atoms with Gasteiger partial charge in [-0.1, -0.05) is 0 Å². The lowest BCUT2D eigenvalue weighted by atomic mass is 10.0. The van der Waals surface area contributed by atoms with E-state index in [0.29, 0.717) is 6.07 Å². The zero-order valence-corrected chi connectivity index (χ0v) is 9.46. The summed E-state index contributed by atoms with van der Waals surface area (Å²) in [6.45, 7) is 1.22. The molecule has 2 N–H and O–H groups in total. The molecule has 1 atom stereocenters. The van der Waals surface area contributed by atoms with Gasteiger partial charge >= 0.3 is 5.97 Å². The molecule has 0 spiro atoms. The summed E-state index contributed by atoms with van der Waals surface area (Å²) in [4.78, 5) is 11.1. The predicted molar refractivity (Wildman–Crippen MR) is 57.9 cm³/mol. The standard InChI is InChI=1S/C11H13F2NO3/c1-11(6-17-2,10(15)16)14-9-4-7(12)3-8(13)5-9/h3-5,14H,6H2,1-2H3,(H,15,16). The van der Waals surface area contributed by atoms with Crippen molar-refractivity contribution in [2.24, 2.45) is 0 Å². The summed E-state index contributed by atoms with van der Waals surface area (Å²) >= 11 is 0. The lowest BCUT2D eigenvalue weighted by Crippen LogP contribution is -2.47. The van der Waals surface area contributed by atoms with E-state index in [1.807, 2.05) is 0 Å². The Morgan fingerprint density at radius 1 is 1.41 bits per heavy atom. The van der Waals surface area contributed by atoms with Crippen LogP contribution >= 0.6 is 0 Å². The second-order valence-corrected chi connectivity index (χ2v) is 3.85. The molecule has 1 unspecified atom stereocenters. The van der Waals surface area contributed by atoms with Crippen LogP contribution in [0.4, 0.5) is 14.5 Å². The summed E-state index contributed by atoms with van der Waals surface area (Å²) in [6.07, 6.45) is 0. The van der Waals surface area contributed by atoms with Crippen LogP contribution in [0.1, 0.15) is 6.92 Å². The number of carbonyl (C=O) groups is 1. The number of aliphatic carboxylic acids is 1. The number of hydrogen-bond acceptors (Lipinski definition) is 3. The summed E-state index contributed by atoms with van der Waals surface area (Å²) in [5.41, 5.74) is -1.40. The normalized spacial score (nSPS) is 14.1. The first-order valence-electron chi connectivity index (χ1n) is 4.84. The van der Waals surface area contributed by atoms with Crippen molar-refractivity contribution in [1.82, 2.24) is 0 Å². The monoisotopic (exact) mass is 245 g/mol. The Balaban J connectivity index is 2.97. The molecule has 6 heteroatoms. The summed E-state index contributed by atoms with van der Waals surface area (Å²) < 4.78 is 30.6. The highest BCUT2D eigenvalue weighted by atomic mass is 19.1. The molecule has 0 aliphatic heterocycles. The van der Waals surface area contributed by atoms with E-state index < -0.39 is 23.1 Å². The van der Waals surface area contributed by atoms with Crippen LogP contribution in [0.5, 0.6) is 0 Å². The number of hydrogen-bond donors (Lipinski definition) is 2. The summed E-state index contributed by atoms with van der Waals surface area (Å²) in [7, 11) is 1.34. The number of rotatable bonds is 5. The van der Waals surface area contributed by atoms with Crippen LogP contribution in [0.2, 0.25) is 0 Å². The molecule has 0 fully saturated rings. The minimum atomic E-state index is -1.45. The molecule has 0 heterocycles. The van der Waals surface area contributed by atoms with E-state index in [2.05, 4.69) is 5.32 Å². The van der Waals surface area contributed by atoms with E-state index >= 15 is 0 Å². The largest absolute Gasteiger partial charge is 0.479 e. The van der Waals surface area contributed by atoms with Gasteiger partial charge in [0.15, 0.2) is 5.54 Å². The third-order valence-corrected chi connectivity index (χ3v) is 2.19. The molecule has 0 radical (unpaired) electrons. The molecule has 1 rings (SSSR count). The fraction of sp³-hybridized carbons (Fsp3) is 0.364. The van der Waals surface area contributed by atoms with Crippen molar-refractivity contribution in [2.75, 3.05) is 19.0 Å². The topological polar surface area (TPSA) is 58.6 Å². The van der Waals surface area contributed by atoms with Gasteiger partial charge in [-0.3, -0.25) is 0 Å².